The van der Waals surface area contributed by atoms with Crippen LogP contribution in [-0.4, -0.2) is 38.6 Å². The van der Waals surface area contributed by atoms with Crippen LogP contribution in [0, 0.1) is 0 Å². The van der Waals surface area contributed by atoms with Gasteiger partial charge >= 0.3 is 0 Å². The van der Waals surface area contributed by atoms with E-state index in [4.69, 9.17) is 4.74 Å². The number of likely N-dealkylation sites (N-methyl/N-ethyl adjacent to an activating group) is 2. The Balaban J connectivity index is 1.59. The summed E-state index contributed by atoms with van der Waals surface area (Å²) in [7, 11) is 3.50. The van der Waals surface area contributed by atoms with E-state index < -0.39 is 6.10 Å². The van der Waals surface area contributed by atoms with E-state index in [-0.39, 0.29) is 17.2 Å². The molecule has 0 spiro atoms. The van der Waals surface area contributed by atoms with Gasteiger partial charge in [-0.3, -0.25) is 9.59 Å². The molecule has 6 nitrogen and oxygen atoms in total. The maximum Gasteiger partial charge on any atom is 0.262 e. The molecule has 3 rings (SSSR count). The summed E-state index contributed by atoms with van der Waals surface area (Å²) < 4.78 is 5.79. The lowest BCUT2D eigenvalue weighted by Crippen LogP contribution is -2.46. The lowest BCUT2D eigenvalue weighted by molar-refractivity contribution is -0.127. The van der Waals surface area contributed by atoms with Crippen molar-refractivity contribution in [2.24, 2.45) is 0 Å². The van der Waals surface area contributed by atoms with Crippen LogP contribution in [0.1, 0.15) is 38.3 Å². The number of amides is 2. The predicted molar refractivity (Wildman–Crippen MR) is 120 cm³/mol. The average Bonchev–Trinajstić information content (AvgIpc) is 2.71. The first-order chi connectivity index (χ1) is 14.2. The molecule has 1 aliphatic heterocycles. The summed E-state index contributed by atoms with van der Waals surface area (Å²) in [5, 5.41) is 5.58. The van der Waals surface area contributed by atoms with Crippen LogP contribution in [-0.2, 0) is 21.4 Å². The maximum absolute atomic E-state index is 12.4. The standard InChI is InChI=1S/C24H31N3O3/c1-24(2,3)17-9-6-16(7-10-17)8-13-22(28)26-18-11-12-20-19(14-18)27(5)15-21(30-20)23(29)25-4/h6-7,9-12,14,21H,8,13,15H2,1-5H3,(H,25,29)(H,26,28). The number of nitrogens with zero attached hydrogens (tertiary/aromatic N) is 1. The molecule has 0 saturated carbocycles. The van der Waals surface area contributed by atoms with Crippen molar-refractivity contribution in [1.29, 1.82) is 0 Å². The number of ether oxygens (including phenoxy) is 1. The number of hydrogen-bond acceptors (Lipinski definition) is 4. The van der Waals surface area contributed by atoms with Crippen LogP contribution in [0.15, 0.2) is 42.5 Å². The molecular weight excluding hydrogens is 378 g/mol. The fraction of sp³-hybridized carbons (Fsp3) is 0.417. The molecule has 1 unspecified atom stereocenters. The van der Waals surface area contributed by atoms with Crippen molar-refractivity contribution in [3.8, 4) is 5.75 Å². The van der Waals surface area contributed by atoms with E-state index in [9.17, 15) is 9.59 Å². The molecule has 0 bridgehead atoms. The molecule has 30 heavy (non-hydrogen) atoms. The number of rotatable bonds is 5. The number of anilines is 2. The average molecular weight is 410 g/mol. The zero-order valence-electron chi connectivity index (χ0n) is 18.4. The zero-order valence-corrected chi connectivity index (χ0v) is 18.4. The molecule has 0 fully saturated rings. The van der Waals surface area contributed by atoms with Crippen molar-refractivity contribution in [1.82, 2.24) is 5.32 Å². The SMILES string of the molecule is CNC(=O)C1CN(C)c2cc(NC(=O)CCc3ccc(C(C)(C)C)cc3)ccc2O1. The second-order valence-electron chi connectivity index (χ2n) is 8.78. The van der Waals surface area contributed by atoms with Crippen LogP contribution < -0.4 is 20.3 Å². The summed E-state index contributed by atoms with van der Waals surface area (Å²) in [6.07, 6.45) is 0.562. The van der Waals surface area contributed by atoms with E-state index in [2.05, 4.69) is 55.7 Å². The minimum atomic E-state index is -0.544. The number of carbonyl (C=O) groups is 2. The number of fused-ring (bicyclic) bond motifs is 1. The number of benzene rings is 2. The second-order valence-corrected chi connectivity index (χ2v) is 8.78. The van der Waals surface area contributed by atoms with Crippen LogP contribution in [0.3, 0.4) is 0 Å². The predicted octanol–water partition coefficient (Wildman–Crippen LogP) is 3.50. The number of nitrogens with one attached hydrogen (secondary N) is 2. The van der Waals surface area contributed by atoms with Gasteiger partial charge in [0, 0.05) is 26.2 Å². The van der Waals surface area contributed by atoms with Crippen LogP contribution >= 0.6 is 0 Å². The molecule has 2 aromatic carbocycles. The lowest BCUT2D eigenvalue weighted by Gasteiger charge is -2.33. The third-order valence-corrected chi connectivity index (χ3v) is 5.36. The quantitative estimate of drug-likeness (QED) is 0.793. The molecule has 1 atom stereocenters. The van der Waals surface area contributed by atoms with Gasteiger partial charge in [-0.1, -0.05) is 45.0 Å². The Labute approximate surface area is 178 Å². The van der Waals surface area contributed by atoms with E-state index in [0.29, 0.717) is 25.1 Å². The number of hydrogen-bond donors (Lipinski definition) is 2. The minimum absolute atomic E-state index is 0.0301. The molecule has 160 valence electrons. The van der Waals surface area contributed by atoms with Gasteiger partial charge < -0.3 is 20.3 Å². The fourth-order valence-electron chi connectivity index (χ4n) is 3.48. The third kappa shape index (κ3) is 5.12. The van der Waals surface area contributed by atoms with Gasteiger partial charge in [0.1, 0.15) is 5.75 Å². The Hall–Kier alpha value is -3.02. The van der Waals surface area contributed by atoms with Gasteiger partial charge in [-0.05, 0) is 41.2 Å². The van der Waals surface area contributed by atoms with Crippen LogP contribution in [0.2, 0.25) is 0 Å². The van der Waals surface area contributed by atoms with Crippen LogP contribution in [0.5, 0.6) is 5.75 Å². The van der Waals surface area contributed by atoms with Crippen molar-refractivity contribution in [3.63, 3.8) is 0 Å². The summed E-state index contributed by atoms with van der Waals surface area (Å²) in [6, 6.07) is 13.9. The van der Waals surface area contributed by atoms with Gasteiger partial charge in [-0.15, -0.1) is 0 Å². The minimum Gasteiger partial charge on any atom is -0.477 e. The van der Waals surface area contributed by atoms with E-state index in [1.54, 1.807) is 19.2 Å². The highest BCUT2D eigenvalue weighted by Crippen LogP contribution is 2.35. The molecule has 0 radical (unpaired) electrons. The second kappa shape index (κ2) is 8.78. The normalized spacial score (nSPS) is 15.8. The fourth-order valence-corrected chi connectivity index (χ4v) is 3.48. The lowest BCUT2D eigenvalue weighted by atomic mass is 9.86. The summed E-state index contributed by atoms with van der Waals surface area (Å²) >= 11 is 0. The molecule has 0 saturated heterocycles. The molecule has 6 heteroatoms. The van der Waals surface area contributed by atoms with E-state index in [0.717, 1.165) is 16.9 Å². The van der Waals surface area contributed by atoms with Crippen LogP contribution in [0.4, 0.5) is 11.4 Å². The molecule has 2 N–H and O–H groups in total. The molecular formula is C24H31N3O3. The Bertz CT molecular complexity index is 916. The number of carbonyl (C=O) groups excluding carboxylic acids is 2. The van der Waals surface area contributed by atoms with Crippen molar-refractivity contribution in [3.05, 3.63) is 53.6 Å². The Morgan fingerprint density at radius 3 is 2.47 bits per heavy atom. The van der Waals surface area contributed by atoms with Gasteiger partial charge in [-0.2, -0.15) is 0 Å². The van der Waals surface area contributed by atoms with Crippen molar-refractivity contribution >= 4 is 23.2 Å². The number of aryl methyl sites for hydroxylation is 1. The molecule has 1 heterocycles. The molecule has 0 aromatic heterocycles. The largest absolute Gasteiger partial charge is 0.477 e. The monoisotopic (exact) mass is 409 g/mol. The summed E-state index contributed by atoms with van der Waals surface area (Å²) in [5.41, 5.74) is 4.13. The van der Waals surface area contributed by atoms with E-state index >= 15 is 0 Å². The first kappa shape index (κ1) is 21.7. The van der Waals surface area contributed by atoms with E-state index in [1.807, 2.05) is 18.0 Å². The molecule has 1 aliphatic rings. The Morgan fingerprint density at radius 1 is 1.13 bits per heavy atom. The molecule has 2 aromatic rings. The molecule has 0 aliphatic carbocycles. The highest BCUT2D eigenvalue weighted by atomic mass is 16.5. The summed E-state index contributed by atoms with van der Waals surface area (Å²) in [6.45, 7) is 7.02. The third-order valence-electron chi connectivity index (χ3n) is 5.36. The van der Waals surface area contributed by atoms with Crippen molar-refractivity contribution in [2.45, 2.75) is 45.1 Å². The smallest absolute Gasteiger partial charge is 0.262 e. The first-order valence-electron chi connectivity index (χ1n) is 10.3. The first-order valence-corrected chi connectivity index (χ1v) is 10.3. The van der Waals surface area contributed by atoms with Gasteiger partial charge in [0.2, 0.25) is 5.91 Å². The zero-order chi connectivity index (χ0) is 21.9. The van der Waals surface area contributed by atoms with Gasteiger partial charge in [0.15, 0.2) is 6.10 Å². The Kier molecular flexibility index (Phi) is 6.34. The summed E-state index contributed by atoms with van der Waals surface area (Å²) in [4.78, 5) is 26.3. The Morgan fingerprint density at radius 2 is 1.83 bits per heavy atom. The highest BCUT2D eigenvalue weighted by molar-refractivity contribution is 5.92. The van der Waals surface area contributed by atoms with Gasteiger partial charge in [-0.25, -0.2) is 0 Å². The summed E-state index contributed by atoms with van der Waals surface area (Å²) in [5.74, 6) is 0.451. The van der Waals surface area contributed by atoms with E-state index in [1.165, 1.54) is 5.56 Å². The van der Waals surface area contributed by atoms with Crippen molar-refractivity contribution in [2.75, 3.05) is 30.9 Å². The van der Waals surface area contributed by atoms with Gasteiger partial charge in [0.05, 0.1) is 12.2 Å². The molecule has 2 amide bonds. The van der Waals surface area contributed by atoms with Crippen LogP contribution in [0.25, 0.3) is 0 Å². The highest BCUT2D eigenvalue weighted by Gasteiger charge is 2.28. The van der Waals surface area contributed by atoms with Gasteiger partial charge in [0.25, 0.3) is 5.91 Å². The topological polar surface area (TPSA) is 70.7 Å². The van der Waals surface area contributed by atoms with Crippen molar-refractivity contribution < 1.29 is 14.3 Å². The maximum atomic E-state index is 12.4.